The van der Waals surface area contributed by atoms with Crippen molar-refractivity contribution < 1.29 is 14.3 Å². The number of hydrogen-bond acceptors (Lipinski definition) is 3. The van der Waals surface area contributed by atoms with E-state index in [1.54, 1.807) is 7.11 Å². The predicted molar refractivity (Wildman–Crippen MR) is 103 cm³/mol. The van der Waals surface area contributed by atoms with E-state index in [0.29, 0.717) is 31.2 Å². The molecule has 146 valence electrons. The van der Waals surface area contributed by atoms with Crippen LogP contribution < -0.4 is 10.1 Å². The van der Waals surface area contributed by atoms with Crippen molar-refractivity contribution in [1.29, 1.82) is 0 Å². The second-order valence-corrected chi connectivity index (χ2v) is 8.59. The number of fused-ring (bicyclic) bond motifs is 2. The maximum absolute atomic E-state index is 12.9. The van der Waals surface area contributed by atoms with E-state index in [-0.39, 0.29) is 17.4 Å². The van der Waals surface area contributed by atoms with Gasteiger partial charge in [0.05, 0.1) is 7.11 Å². The zero-order valence-electron chi connectivity index (χ0n) is 16.2. The van der Waals surface area contributed by atoms with E-state index < -0.39 is 0 Å². The monoisotopic (exact) mass is 370 g/mol. The van der Waals surface area contributed by atoms with E-state index in [2.05, 4.69) is 16.3 Å². The lowest BCUT2D eigenvalue weighted by Gasteiger charge is -2.31. The molecular formula is C22H30N2O3. The van der Waals surface area contributed by atoms with Gasteiger partial charge in [-0.3, -0.25) is 9.59 Å². The van der Waals surface area contributed by atoms with E-state index in [1.807, 2.05) is 18.2 Å². The first kappa shape index (κ1) is 18.3. The highest BCUT2D eigenvalue weighted by molar-refractivity contribution is 5.80. The zero-order valence-corrected chi connectivity index (χ0v) is 16.2. The van der Waals surface area contributed by atoms with Crippen LogP contribution in [-0.2, 0) is 16.0 Å². The molecule has 0 unspecified atom stereocenters. The molecule has 3 aliphatic rings. The van der Waals surface area contributed by atoms with Crippen LogP contribution in [0, 0.1) is 5.92 Å². The molecule has 1 aliphatic carbocycles. The summed E-state index contributed by atoms with van der Waals surface area (Å²) in [5, 5.41) is 3.20. The molecule has 1 N–H and O–H groups in total. The van der Waals surface area contributed by atoms with Gasteiger partial charge in [-0.2, -0.15) is 0 Å². The van der Waals surface area contributed by atoms with E-state index in [0.717, 1.165) is 37.1 Å². The predicted octanol–water partition coefficient (Wildman–Crippen LogP) is 3.07. The summed E-state index contributed by atoms with van der Waals surface area (Å²) in [6.45, 7) is 0.943. The fraction of sp³-hybridized carbons (Fsp3) is 0.636. The molecule has 2 saturated heterocycles. The number of hydrogen-bond donors (Lipinski definition) is 1. The van der Waals surface area contributed by atoms with Crippen LogP contribution in [0.5, 0.6) is 5.75 Å². The van der Waals surface area contributed by atoms with Crippen molar-refractivity contribution in [3.8, 4) is 5.75 Å². The van der Waals surface area contributed by atoms with Crippen molar-refractivity contribution in [3.05, 3.63) is 29.8 Å². The minimum atomic E-state index is -0.312. The Hall–Kier alpha value is -2.04. The fourth-order valence-electron chi connectivity index (χ4n) is 5.29. The number of rotatable bonds is 6. The first-order valence-corrected chi connectivity index (χ1v) is 10.3. The summed E-state index contributed by atoms with van der Waals surface area (Å²) in [5.41, 5.74) is 0.828. The van der Waals surface area contributed by atoms with Gasteiger partial charge in [0.1, 0.15) is 5.75 Å². The fourth-order valence-corrected chi connectivity index (χ4v) is 5.29. The number of nitrogens with one attached hydrogen (secondary N) is 1. The van der Waals surface area contributed by atoms with Gasteiger partial charge in [0.25, 0.3) is 0 Å². The Labute approximate surface area is 161 Å². The number of benzene rings is 1. The number of methoxy groups -OCH3 is 1. The number of carbonyl (C=O) groups is 2. The van der Waals surface area contributed by atoms with E-state index in [1.165, 1.54) is 19.3 Å². The Morgan fingerprint density at radius 1 is 1.37 bits per heavy atom. The quantitative estimate of drug-likeness (QED) is 0.837. The molecular weight excluding hydrogens is 340 g/mol. The standard InChI is InChI=1S/C22H30N2O3/c1-27-19-7-3-4-16(13-19)14-22(10-8-20(25)23-22)11-9-21(26)24-15-17-5-2-6-18(24)12-17/h3-4,7,13,17-18H,2,5-6,8-12,14-15H2,1H3,(H,23,25)/t17-,18+,22+/m0/s1. The molecule has 2 aliphatic heterocycles. The number of ether oxygens (including phenoxy) is 1. The maximum Gasteiger partial charge on any atom is 0.222 e. The number of amides is 2. The molecule has 3 atom stereocenters. The lowest BCUT2D eigenvalue weighted by atomic mass is 9.84. The molecule has 2 amide bonds. The molecule has 1 saturated carbocycles. The average Bonchev–Trinajstić information content (AvgIpc) is 3.19. The van der Waals surface area contributed by atoms with Gasteiger partial charge in [-0.15, -0.1) is 0 Å². The lowest BCUT2D eigenvalue weighted by Crippen LogP contribution is -2.45. The lowest BCUT2D eigenvalue weighted by molar-refractivity contribution is -0.132. The third-order valence-corrected chi connectivity index (χ3v) is 6.70. The van der Waals surface area contributed by atoms with Crippen molar-refractivity contribution >= 4 is 11.8 Å². The molecule has 0 aromatic heterocycles. The number of carbonyl (C=O) groups excluding carboxylic acids is 2. The van der Waals surface area contributed by atoms with Crippen molar-refractivity contribution in [2.45, 2.75) is 69.4 Å². The van der Waals surface area contributed by atoms with Crippen molar-refractivity contribution in [2.75, 3.05) is 13.7 Å². The Morgan fingerprint density at radius 3 is 3.00 bits per heavy atom. The Kier molecular flexibility index (Phi) is 5.11. The summed E-state index contributed by atoms with van der Waals surface area (Å²) in [6.07, 6.45) is 8.21. The van der Waals surface area contributed by atoms with Gasteiger partial charge in [-0.25, -0.2) is 0 Å². The maximum atomic E-state index is 12.9. The highest BCUT2D eigenvalue weighted by atomic mass is 16.5. The molecule has 0 radical (unpaired) electrons. The smallest absolute Gasteiger partial charge is 0.222 e. The van der Waals surface area contributed by atoms with Gasteiger partial charge >= 0.3 is 0 Å². The average molecular weight is 370 g/mol. The van der Waals surface area contributed by atoms with Crippen LogP contribution in [0.1, 0.15) is 56.9 Å². The first-order valence-electron chi connectivity index (χ1n) is 10.3. The van der Waals surface area contributed by atoms with Crippen molar-refractivity contribution in [3.63, 3.8) is 0 Å². The van der Waals surface area contributed by atoms with E-state index in [4.69, 9.17) is 4.74 Å². The van der Waals surface area contributed by atoms with Crippen LogP contribution in [-0.4, -0.2) is 41.9 Å². The normalized spacial score (nSPS) is 29.7. The van der Waals surface area contributed by atoms with Crippen LogP contribution in [0.15, 0.2) is 24.3 Å². The number of likely N-dealkylation sites (tertiary alicyclic amines) is 1. The molecule has 2 bridgehead atoms. The summed E-state index contributed by atoms with van der Waals surface area (Å²) in [6, 6.07) is 8.47. The Balaban J connectivity index is 1.43. The molecule has 2 heterocycles. The van der Waals surface area contributed by atoms with Crippen LogP contribution >= 0.6 is 0 Å². The third kappa shape index (κ3) is 3.97. The molecule has 4 rings (SSSR count). The highest BCUT2D eigenvalue weighted by Gasteiger charge is 2.41. The van der Waals surface area contributed by atoms with Crippen LogP contribution in [0.4, 0.5) is 0 Å². The Bertz CT molecular complexity index is 719. The van der Waals surface area contributed by atoms with Gasteiger partial charge in [-0.05, 0) is 62.1 Å². The van der Waals surface area contributed by atoms with Crippen LogP contribution in [0.2, 0.25) is 0 Å². The van der Waals surface area contributed by atoms with Gasteiger partial charge in [0, 0.05) is 31.0 Å². The van der Waals surface area contributed by atoms with Gasteiger partial charge in [0.15, 0.2) is 0 Å². The summed E-state index contributed by atoms with van der Waals surface area (Å²) < 4.78 is 5.33. The van der Waals surface area contributed by atoms with Crippen LogP contribution in [0.25, 0.3) is 0 Å². The summed E-state index contributed by atoms with van der Waals surface area (Å²) in [5.74, 6) is 1.91. The van der Waals surface area contributed by atoms with Crippen molar-refractivity contribution in [1.82, 2.24) is 10.2 Å². The van der Waals surface area contributed by atoms with Gasteiger partial charge in [0.2, 0.25) is 11.8 Å². The minimum absolute atomic E-state index is 0.0994. The van der Waals surface area contributed by atoms with Gasteiger partial charge in [-0.1, -0.05) is 18.6 Å². The first-order chi connectivity index (χ1) is 13.1. The Morgan fingerprint density at radius 2 is 2.26 bits per heavy atom. The van der Waals surface area contributed by atoms with Crippen molar-refractivity contribution in [2.24, 2.45) is 5.92 Å². The largest absolute Gasteiger partial charge is 0.497 e. The highest BCUT2D eigenvalue weighted by Crippen LogP contribution is 2.37. The molecule has 1 aromatic rings. The third-order valence-electron chi connectivity index (χ3n) is 6.70. The molecule has 0 spiro atoms. The molecule has 3 fully saturated rings. The molecule has 1 aromatic carbocycles. The van der Waals surface area contributed by atoms with Crippen LogP contribution in [0.3, 0.4) is 0 Å². The number of nitrogens with zero attached hydrogens (tertiary/aromatic N) is 1. The summed E-state index contributed by atoms with van der Waals surface area (Å²) in [7, 11) is 1.66. The van der Waals surface area contributed by atoms with Gasteiger partial charge < -0.3 is 15.0 Å². The second-order valence-electron chi connectivity index (χ2n) is 8.59. The second kappa shape index (κ2) is 7.53. The molecule has 27 heavy (non-hydrogen) atoms. The summed E-state index contributed by atoms with van der Waals surface area (Å²) in [4.78, 5) is 27.0. The van der Waals surface area contributed by atoms with E-state index >= 15 is 0 Å². The molecule has 5 nitrogen and oxygen atoms in total. The topological polar surface area (TPSA) is 58.6 Å². The molecule has 5 heteroatoms. The zero-order chi connectivity index (χ0) is 18.9. The minimum Gasteiger partial charge on any atom is -0.497 e. The summed E-state index contributed by atoms with van der Waals surface area (Å²) >= 11 is 0. The SMILES string of the molecule is COc1cccc(C[C@]2(CCC(=O)N3C[C@H]4CCC[C@@H]3C4)CCC(=O)N2)c1. The van der Waals surface area contributed by atoms with E-state index in [9.17, 15) is 9.59 Å².